The molecule has 1 aromatic rings. The van der Waals surface area contributed by atoms with Crippen LogP contribution in [0.3, 0.4) is 0 Å². The van der Waals surface area contributed by atoms with E-state index < -0.39 is 0 Å². The molecule has 1 aliphatic carbocycles. The second kappa shape index (κ2) is 2.78. The molecular formula is C14H18O. The van der Waals surface area contributed by atoms with Crippen LogP contribution in [-0.2, 0) is 6.42 Å². The first-order valence-corrected chi connectivity index (χ1v) is 5.87. The Bertz CT molecular complexity index is 406. The predicted octanol–water partition coefficient (Wildman–Crippen LogP) is 3.38. The van der Waals surface area contributed by atoms with Gasteiger partial charge in [0.25, 0.3) is 0 Å². The molecule has 2 atom stereocenters. The van der Waals surface area contributed by atoms with Gasteiger partial charge in [-0.3, -0.25) is 0 Å². The van der Waals surface area contributed by atoms with Gasteiger partial charge in [0.15, 0.2) is 0 Å². The van der Waals surface area contributed by atoms with E-state index in [1.807, 2.05) is 0 Å². The summed E-state index contributed by atoms with van der Waals surface area (Å²) >= 11 is 0. The first-order valence-electron chi connectivity index (χ1n) is 5.87. The Hall–Kier alpha value is -0.980. The molecule has 1 saturated carbocycles. The Morgan fingerprint density at radius 2 is 2.07 bits per heavy atom. The van der Waals surface area contributed by atoms with Crippen molar-refractivity contribution < 1.29 is 4.74 Å². The Morgan fingerprint density at radius 1 is 1.33 bits per heavy atom. The molecule has 1 fully saturated rings. The average molecular weight is 202 g/mol. The highest BCUT2D eigenvalue weighted by Gasteiger charge is 2.55. The molecule has 1 aliphatic heterocycles. The van der Waals surface area contributed by atoms with Gasteiger partial charge in [0.05, 0.1) is 6.61 Å². The number of ether oxygens (including phenoxy) is 1. The van der Waals surface area contributed by atoms with Crippen LogP contribution in [0, 0.1) is 11.3 Å². The summed E-state index contributed by atoms with van der Waals surface area (Å²) in [7, 11) is 0. The summed E-state index contributed by atoms with van der Waals surface area (Å²) in [5, 5.41) is 0. The number of fused-ring (bicyclic) bond motifs is 1. The third kappa shape index (κ3) is 1.15. The molecule has 0 unspecified atom stereocenters. The zero-order valence-corrected chi connectivity index (χ0v) is 9.71. The number of hydrogen-bond donors (Lipinski definition) is 0. The standard InChI is InChI=1S/C14H18O/c1-9-13(14(9,2)3)11-5-4-6-12-10(11)7-8-15-12/h4-6,9,13H,7-8H2,1-3H3/t9-,13-/m0/s1. The maximum absolute atomic E-state index is 5.62. The van der Waals surface area contributed by atoms with E-state index >= 15 is 0 Å². The lowest BCUT2D eigenvalue weighted by molar-refractivity contribution is 0.357. The molecule has 0 N–H and O–H groups in total. The van der Waals surface area contributed by atoms with E-state index in [0.29, 0.717) is 5.41 Å². The molecular weight excluding hydrogens is 184 g/mol. The van der Waals surface area contributed by atoms with E-state index in [1.54, 1.807) is 5.56 Å². The van der Waals surface area contributed by atoms with Crippen LogP contribution < -0.4 is 4.74 Å². The van der Waals surface area contributed by atoms with Crippen LogP contribution in [-0.4, -0.2) is 6.61 Å². The summed E-state index contributed by atoms with van der Waals surface area (Å²) in [4.78, 5) is 0. The number of hydrogen-bond acceptors (Lipinski definition) is 1. The molecule has 15 heavy (non-hydrogen) atoms. The molecule has 1 nitrogen and oxygen atoms in total. The minimum atomic E-state index is 0.484. The zero-order chi connectivity index (χ0) is 10.6. The largest absolute Gasteiger partial charge is 0.493 e. The lowest BCUT2D eigenvalue weighted by Crippen LogP contribution is -1.94. The van der Waals surface area contributed by atoms with Gasteiger partial charge in [-0.25, -0.2) is 0 Å². The molecule has 1 heteroatoms. The Morgan fingerprint density at radius 3 is 2.73 bits per heavy atom. The minimum Gasteiger partial charge on any atom is -0.493 e. The second-order valence-corrected chi connectivity index (χ2v) is 5.51. The highest BCUT2D eigenvalue weighted by molar-refractivity contribution is 5.47. The molecule has 0 amide bonds. The topological polar surface area (TPSA) is 9.23 Å². The molecule has 3 rings (SSSR count). The summed E-state index contributed by atoms with van der Waals surface area (Å²) in [5.74, 6) is 2.68. The van der Waals surface area contributed by atoms with Gasteiger partial charge in [0, 0.05) is 12.0 Å². The van der Waals surface area contributed by atoms with Crippen LogP contribution in [0.5, 0.6) is 5.75 Å². The van der Waals surface area contributed by atoms with E-state index in [1.165, 1.54) is 5.56 Å². The van der Waals surface area contributed by atoms with Crippen molar-refractivity contribution >= 4 is 0 Å². The maximum atomic E-state index is 5.62. The van der Waals surface area contributed by atoms with Crippen molar-refractivity contribution in [1.82, 2.24) is 0 Å². The quantitative estimate of drug-likeness (QED) is 0.678. The van der Waals surface area contributed by atoms with Crippen molar-refractivity contribution in [1.29, 1.82) is 0 Å². The van der Waals surface area contributed by atoms with E-state index in [9.17, 15) is 0 Å². The van der Waals surface area contributed by atoms with E-state index in [-0.39, 0.29) is 0 Å². The molecule has 1 heterocycles. The molecule has 0 spiro atoms. The van der Waals surface area contributed by atoms with Gasteiger partial charge in [-0.1, -0.05) is 32.9 Å². The zero-order valence-electron chi connectivity index (χ0n) is 9.71. The Labute approximate surface area is 91.5 Å². The Balaban J connectivity index is 2.04. The van der Waals surface area contributed by atoms with Crippen molar-refractivity contribution in [3.05, 3.63) is 29.3 Å². The first kappa shape index (κ1) is 9.26. The van der Waals surface area contributed by atoms with Gasteiger partial charge < -0.3 is 4.74 Å². The number of rotatable bonds is 1. The summed E-state index contributed by atoms with van der Waals surface area (Å²) in [6.45, 7) is 7.98. The van der Waals surface area contributed by atoms with Crippen molar-refractivity contribution in [3.8, 4) is 5.75 Å². The highest BCUT2D eigenvalue weighted by atomic mass is 16.5. The van der Waals surface area contributed by atoms with Crippen LogP contribution in [0.4, 0.5) is 0 Å². The molecule has 0 radical (unpaired) electrons. The summed E-state index contributed by atoms with van der Waals surface area (Å²) < 4.78 is 5.62. The second-order valence-electron chi connectivity index (χ2n) is 5.51. The van der Waals surface area contributed by atoms with Gasteiger partial charge in [-0.15, -0.1) is 0 Å². The van der Waals surface area contributed by atoms with Crippen LogP contribution in [0.25, 0.3) is 0 Å². The normalized spacial score (nSPS) is 30.9. The van der Waals surface area contributed by atoms with Crippen LogP contribution in [0.2, 0.25) is 0 Å². The lowest BCUT2D eigenvalue weighted by atomic mass is 9.97. The van der Waals surface area contributed by atoms with Crippen molar-refractivity contribution in [2.75, 3.05) is 6.61 Å². The van der Waals surface area contributed by atoms with Crippen LogP contribution >= 0.6 is 0 Å². The van der Waals surface area contributed by atoms with Crippen molar-refractivity contribution in [3.63, 3.8) is 0 Å². The van der Waals surface area contributed by atoms with Crippen LogP contribution in [0.15, 0.2) is 18.2 Å². The highest BCUT2D eigenvalue weighted by Crippen LogP contribution is 2.65. The molecule has 0 saturated heterocycles. The van der Waals surface area contributed by atoms with E-state index in [4.69, 9.17) is 4.74 Å². The molecule has 0 aromatic heterocycles. The third-order valence-corrected chi connectivity index (χ3v) is 4.48. The van der Waals surface area contributed by atoms with Gasteiger partial charge in [0.1, 0.15) is 5.75 Å². The van der Waals surface area contributed by atoms with Gasteiger partial charge in [-0.2, -0.15) is 0 Å². The predicted molar refractivity (Wildman–Crippen MR) is 61.3 cm³/mol. The fourth-order valence-corrected chi connectivity index (χ4v) is 3.10. The molecule has 80 valence electrons. The Kier molecular flexibility index (Phi) is 1.72. The average Bonchev–Trinajstić information content (AvgIpc) is 2.63. The van der Waals surface area contributed by atoms with Crippen LogP contribution in [0.1, 0.15) is 37.8 Å². The monoisotopic (exact) mass is 202 g/mol. The fourth-order valence-electron chi connectivity index (χ4n) is 3.10. The minimum absolute atomic E-state index is 0.484. The molecule has 1 aromatic carbocycles. The number of benzene rings is 1. The molecule has 2 aliphatic rings. The first-order chi connectivity index (χ1) is 7.12. The van der Waals surface area contributed by atoms with E-state index in [0.717, 1.165) is 30.6 Å². The van der Waals surface area contributed by atoms with Gasteiger partial charge in [0.2, 0.25) is 0 Å². The smallest absolute Gasteiger partial charge is 0.122 e. The SMILES string of the molecule is C[C@H]1[C@@H](c2cccc3c2CCO3)C1(C)C. The van der Waals surface area contributed by atoms with Gasteiger partial charge >= 0.3 is 0 Å². The maximum Gasteiger partial charge on any atom is 0.122 e. The fraction of sp³-hybridized carbons (Fsp3) is 0.571. The van der Waals surface area contributed by atoms with Crippen molar-refractivity contribution in [2.24, 2.45) is 11.3 Å². The summed E-state index contributed by atoms with van der Waals surface area (Å²) in [6, 6.07) is 6.54. The lowest BCUT2D eigenvalue weighted by Gasteiger charge is -2.08. The third-order valence-electron chi connectivity index (χ3n) is 4.48. The summed E-state index contributed by atoms with van der Waals surface area (Å²) in [6.07, 6.45) is 1.10. The van der Waals surface area contributed by atoms with Gasteiger partial charge in [-0.05, 0) is 28.9 Å². The summed E-state index contributed by atoms with van der Waals surface area (Å²) in [5.41, 5.74) is 3.50. The van der Waals surface area contributed by atoms with Crippen molar-refractivity contribution in [2.45, 2.75) is 33.1 Å². The van der Waals surface area contributed by atoms with E-state index in [2.05, 4.69) is 39.0 Å². The molecule has 0 bridgehead atoms.